The number of nitrogens with zero attached hydrogens (tertiary/aromatic N) is 1. The fraction of sp³-hybridized carbons (Fsp3) is 0.583. The van der Waals surface area contributed by atoms with Gasteiger partial charge in [-0.25, -0.2) is 0 Å². The van der Waals surface area contributed by atoms with Gasteiger partial charge >= 0.3 is 0 Å². The molecule has 84 valence electrons. The van der Waals surface area contributed by atoms with Crippen LogP contribution in [0.1, 0.15) is 25.8 Å². The lowest BCUT2D eigenvalue weighted by molar-refractivity contribution is 0.508. The molecule has 1 aromatic heterocycles. The minimum absolute atomic E-state index is 0.220. The molecule has 1 heterocycles. The summed E-state index contributed by atoms with van der Waals surface area (Å²) in [4.78, 5) is 4.05. The number of anilines is 1. The highest BCUT2D eigenvalue weighted by atomic mass is 14.9. The monoisotopic (exact) mass is 207 g/mol. The molecule has 3 nitrogen and oxygen atoms in total. The van der Waals surface area contributed by atoms with E-state index in [1.54, 1.807) is 6.20 Å². The van der Waals surface area contributed by atoms with Crippen molar-refractivity contribution in [3.8, 4) is 0 Å². The second-order valence-corrected chi connectivity index (χ2v) is 4.46. The Morgan fingerprint density at radius 2 is 2.20 bits per heavy atom. The van der Waals surface area contributed by atoms with Crippen LogP contribution in [-0.2, 0) is 0 Å². The lowest BCUT2D eigenvalue weighted by atomic mass is 10.0. The number of aromatic nitrogens is 1. The Balaban J connectivity index is 2.40. The van der Waals surface area contributed by atoms with Crippen LogP contribution in [0.25, 0.3) is 0 Å². The van der Waals surface area contributed by atoms with Gasteiger partial charge in [0.2, 0.25) is 0 Å². The maximum atomic E-state index is 5.99. The molecule has 3 heteroatoms. The van der Waals surface area contributed by atoms with E-state index in [0.29, 0.717) is 5.92 Å². The zero-order valence-corrected chi connectivity index (χ0v) is 9.83. The van der Waals surface area contributed by atoms with E-state index in [4.69, 9.17) is 5.73 Å². The minimum Gasteiger partial charge on any atom is -0.383 e. The van der Waals surface area contributed by atoms with Crippen LogP contribution in [0, 0.1) is 12.8 Å². The van der Waals surface area contributed by atoms with Gasteiger partial charge in [-0.1, -0.05) is 13.8 Å². The van der Waals surface area contributed by atoms with Crippen LogP contribution in [-0.4, -0.2) is 17.6 Å². The average molecular weight is 207 g/mol. The van der Waals surface area contributed by atoms with Gasteiger partial charge in [0.15, 0.2) is 0 Å². The van der Waals surface area contributed by atoms with E-state index in [-0.39, 0.29) is 6.04 Å². The fourth-order valence-electron chi connectivity index (χ4n) is 1.60. The van der Waals surface area contributed by atoms with Crippen molar-refractivity contribution in [2.45, 2.75) is 33.2 Å². The number of nitrogens with one attached hydrogen (secondary N) is 1. The Hall–Kier alpha value is -1.09. The summed E-state index contributed by atoms with van der Waals surface area (Å²) in [7, 11) is 0. The van der Waals surface area contributed by atoms with Crippen molar-refractivity contribution in [2.75, 3.05) is 11.9 Å². The van der Waals surface area contributed by atoms with Crippen LogP contribution in [0.15, 0.2) is 18.5 Å². The molecule has 0 fully saturated rings. The Morgan fingerprint density at radius 3 is 2.80 bits per heavy atom. The van der Waals surface area contributed by atoms with E-state index < -0.39 is 0 Å². The highest BCUT2D eigenvalue weighted by Gasteiger charge is 2.05. The Kier molecular flexibility index (Phi) is 4.56. The second kappa shape index (κ2) is 5.71. The predicted octanol–water partition coefficient (Wildman–Crippen LogP) is 2.18. The summed E-state index contributed by atoms with van der Waals surface area (Å²) in [6, 6.07) is 2.20. The molecule has 0 radical (unpaired) electrons. The summed E-state index contributed by atoms with van der Waals surface area (Å²) in [5.41, 5.74) is 8.28. The smallest absolute Gasteiger partial charge is 0.0401 e. The SMILES string of the molecule is Cc1cnccc1NCC(N)CC(C)C. The van der Waals surface area contributed by atoms with Crippen LogP contribution in [0.2, 0.25) is 0 Å². The molecule has 0 aliphatic heterocycles. The van der Waals surface area contributed by atoms with Crippen molar-refractivity contribution in [2.24, 2.45) is 11.7 Å². The van der Waals surface area contributed by atoms with E-state index in [1.165, 1.54) is 0 Å². The molecule has 0 aliphatic carbocycles. The zero-order chi connectivity index (χ0) is 11.3. The summed E-state index contributed by atoms with van der Waals surface area (Å²) in [6.07, 6.45) is 4.71. The highest BCUT2D eigenvalue weighted by Crippen LogP contribution is 2.12. The van der Waals surface area contributed by atoms with Crippen molar-refractivity contribution in [1.82, 2.24) is 4.98 Å². The van der Waals surface area contributed by atoms with Crippen LogP contribution >= 0.6 is 0 Å². The molecule has 0 aromatic carbocycles. The molecular weight excluding hydrogens is 186 g/mol. The standard InChI is InChI=1S/C12H21N3/c1-9(2)6-11(13)8-15-12-4-5-14-7-10(12)3/h4-5,7,9,11H,6,8,13H2,1-3H3,(H,14,15). The molecule has 1 atom stereocenters. The van der Waals surface area contributed by atoms with E-state index in [0.717, 1.165) is 24.2 Å². The number of nitrogens with two attached hydrogens (primary N) is 1. The largest absolute Gasteiger partial charge is 0.383 e. The quantitative estimate of drug-likeness (QED) is 0.778. The molecule has 0 bridgehead atoms. The lowest BCUT2D eigenvalue weighted by Crippen LogP contribution is -2.30. The number of rotatable bonds is 5. The summed E-state index contributed by atoms with van der Waals surface area (Å²) in [5, 5.41) is 3.35. The van der Waals surface area contributed by atoms with Crippen molar-refractivity contribution in [3.63, 3.8) is 0 Å². The summed E-state index contributed by atoms with van der Waals surface area (Å²) < 4.78 is 0. The predicted molar refractivity (Wildman–Crippen MR) is 64.9 cm³/mol. The Bertz CT molecular complexity index is 297. The molecule has 1 aromatic rings. The molecule has 0 aliphatic rings. The first kappa shape index (κ1) is 12.0. The van der Waals surface area contributed by atoms with E-state index in [2.05, 4.69) is 24.1 Å². The Labute approximate surface area is 92.1 Å². The zero-order valence-electron chi connectivity index (χ0n) is 9.83. The molecule has 3 N–H and O–H groups in total. The third-order valence-corrected chi connectivity index (χ3v) is 2.35. The van der Waals surface area contributed by atoms with Gasteiger partial charge in [0, 0.05) is 30.7 Å². The van der Waals surface area contributed by atoms with E-state index in [9.17, 15) is 0 Å². The first-order chi connectivity index (χ1) is 7.09. The average Bonchev–Trinajstić information content (AvgIpc) is 2.15. The first-order valence-corrected chi connectivity index (χ1v) is 5.49. The fourth-order valence-corrected chi connectivity index (χ4v) is 1.60. The molecule has 1 rings (SSSR count). The van der Waals surface area contributed by atoms with Crippen molar-refractivity contribution in [1.29, 1.82) is 0 Å². The Morgan fingerprint density at radius 1 is 1.47 bits per heavy atom. The van der Waals surface area contributed by atoms with Crippen LogP contribution in [0.5, 0.6) is 0 Å². The number of pyridine rings is 1. The minimum atomic E-state index is 0.220. The summed E-state index contributed by atoms with van der Waals surface area (Å²) in [6.45, 7) is 7.25. The van der Waals surface area contributed by atoms with Crippen LogP contribution < -0.4 is 11.1 Å². The number of hydrogen-bond acceptors (Lipinski definition) is 3. The van der Waals surface area contributed by atoms with Gasteiger partial charge in [-0.2, -0.15) is 0 Å². The molecule has 15 heavy (non-hydrogen) atoms. The third-order valence-electron chi connectivity index (χ3n) is 2.35. The van der Waals surface area contributed by atoms with E-state index >= 15 is 0 Å². The van der Waals surface area contributed by atoms with Gasteiger partial charge in [-0.3, -0.25) is 4.98 Å². The summed E-state index contributed by atoms with van der Waals surface area (Å²) >= 11 is 0. The van der Waals surface area contributed by atoms with Gasteiger partial charge < -0.3 is 11.1 Å². The maximum Gasteiger partial charge on any atom is 0.0401 e. The highest BCUT2D eigenvalue weighted by molar-refractivity contribution is 5.48. The molecule has 0 amide bonds. The topological polar surface area (TPSA) is 50.9 Å². The first-order valence-electron chi connectivity index (χ1n) is 5.49. The van der Waals surface area contributed by atoms with Gasteiger partial charge in [0.1, 0.15) is 0 Å². The van der Waals surface area contributed by atoms with Gasteiger partial charge in [-0.05, 0) is 30.9 Å². The van der Waals surface area contributed by atoms with Crippen LogP contribution in [0.4, 0.5) is 5.69 Å². The molecule has 0 saturated heterocycles. The van der Waals surface area contributed by atoms with Crippen LogP contribution in [0.3, 0.4) is 0 Å². The second-order valence-electron chi connectivity index (χ2n) is 4.46. The molecule has 0 spiro atoms. The maximum absolute atomic E-state index is 5.99. The number of hydrogen-bond donors (Lipinski definition) is 2. The molecule has 0 saturated carbocycles. The van der Waals surface area contributed by atoms with Gasteiger partial charge in [-0.15, -0.1) is 0 Å². The number of aryl methyl sites for hydroxylation is 1. The van der Waals surface area contributed by atoms with Crippen molar-refractivity contribution < 1.29 is 0 Å². The summed E-state index contributed by atoms with van der Waals surface area (Å²) in [5.74, 6) is 0.653. The van der Waals surface area contributed by atoms with E-state index in [1.807, 2.05) is 19.2 Å². The van der Waals surface area contributed by atoms with Gasteiger partial charge in [0.25, 0.3) is 0 Å². The lowest BCUT2D eigenvalue weighted by Gasteiger charge is -2.16. The third kappa shape index (κ3) is 4.30. The molecule has 1 unspecified atom stereocenters. The van der Waals surface area contributed by atoms with Gasteiger partial charge in [0.05, 0.1) is 0 Å². The van der Waals surface area contributed by atoms with Crippen molar-refractivity contribution in [3.05, 3.63) is 24.0 Å². The molecular formula is C12H21N3. The normalized spacial score (nSPS) is 12.9. The van der Waals surface area contributed by atoms with Crippen molar-refractivity contribution >= 4 is 5.69 Å².